The molecular weight excluding hydrogens is 444 g/mol. The number of halogens is 3. The van der Waals surface area contributed by atoms with Crippen LogP contribution in [0.4, 0.5) is 13.2 Å². The van der Waals surface area contributed by atoms with E-state index >= 15 is 0 Å². The van der Waals surface area contributed by atoms with Crippen molar-refractivity contribution >= 4 is 18.8 Å². The molecule has 3 aromatic rings. The maximum absolute atomic E-state index is 15.0. The molecule has 0 amide bonds. The lowest BCUT2D eigenvalue weighted by Gasteiger charge is -2.23. The minimum atomic E-state index is -0.926. The number of fused-ring (bicyclic) bond motifs is 2. The van der Waals surface area contributed by atoms with Crippen molar-refractivity contribution in [1.82, 2.24) is 4.48 Å². The van der Waals surface area contributed by atoms with Crippen LogP contribution in [0, 0.1) is 52.1 Å². The van der Waals surface area contributed by atoms with Crippen LogP contribution in [0.3, 0.4) is 0 Å². The Hall–Kier alpha value is -3.28. The summed E-state index contributed by atoms with van der Waals surface area (Å²) in [5.41, 5.74) is 12.9. The molecule has 5 rings (SSSR count). The van der Waals surface area contributed by atoms with Gasteiger partial charge in [-0.05, 0) is 70.7 Å². The van der Waals surface area contributed by atoms with Crippen LogP contribution in [-0.2, 0) is 0 Å². The zero-order chi connectivity index (χ0) is 25.5. The summed E-state index contributed by atoms with van der Waals surface area (Å²) in [6.45, 7) is 16.4. The second kappa shape index (κ2) is 7.87. The molecule has 0 N–H and O–H groups in total. The van der Waals surface area contributed by atoms with E-state index in [1.807, 2.05) is 25.9 Å². The normalized spacial score (nSPS) is 15.2. The van der Waals surface area contributed by atoms with E-state index in [0.29, 0.717) is 11.3 Å². The highest BCUT2D eigenvalue weighted by Gasteiger charge is 2.44. The SMILES string of the molecule is CC1=C(C)C(C)=[N+]2[B]n3c(C)c(-c4c(F)cc(F)cc4F)c(C)c3C(c3c(C)cc(C)cc3C)=C12. The van der Waals surface area contributed by atoms with E-state index in [1.165, 1.54) is 16.7 Å². The van der Waals surface area contributed by atoms with Crippen molar-refractivity contribution in [2.75, 3.05) is 0 Å². The van der Waals surface area contributed by atoms with Crippen molar-refractivity contribution in [2.45, 2.75) is 55.4 Å². The first-order valence-corrected chi connectivity index (χ1v) is 11.8. The molecule has 2 nitrogen and oxygen atoms in total. The minimum absolute atomic E-state index is 0.192. The molecule has 0 fully saturated rings. The molecule has 0 saturated heterocycles. The van der Waals surface area contributed by atoms with Crippen molar-refractivity contribution < 1.29 is 17.7 Å². The zero-order valence-electron chi connectivity index (χ0n) is 21.4. The zero-order valence-corrected chi connectivity index (χ0v) is 21.4. The summed E-state index contributed by atoms with van der Waals surface area (Å²) >= 11 is 0. The molecule has 2 aliphatic heterocycles. The monoisotopic (exact) mass is 472 g/mol. The fraction of sp³-hybridized carbons (Fsp3) is 0.276. The molecule has 2 aromatic carbocycles. The van der Waals surface area contributed by atoms with Gasteiger partial charge in [-0.15, -0.1) is 0 Å². The quantitative estimate of drug-likeness (QED) is 0.352. The topological polar surface area (TPSA) is 7.94 Å². The lowest BCUT2D eigenvalue weighted by molar-refractivity contribution is -0.315. The Morgan fingerprint density at radius 1 is 0.714 bits per heavy atom. The first-order valence-electron chi connectivity index (χ1n) is 11.8. The van der Waals surface area contributed by atoms with Crippen LogP contribution in [-0.4, -0.2) is 22.2 Å². The van der Waals surface area contributed by atoms with Crippen LogP contribution >= 0.6 is 0 Å². The van der Waals surface area contributed by atoms with Crippen molar-refractivity contribution in [2.24, 2.45) is 0 Å². The Labute approximate surface area is 205 Å². The Morgan fingerprint density at radius 2 is 1.29 bits per heavy atom. The van der Waals surface area contributed by atoms with Gasteiger partial charge in [0.2, 0.25) is 0 Å². The number of benzene rings is 2. The fourth-order valence-corrected chi connectivity index (χ4v) is 5.93. The molecule has 0 bridgehead atoms. The van der Waals surface area contributed by atoms with Crippen LogP contribution in [0.2, 0.25) is 0 Å². The number of aryl methyl sites for hydroxylation is 3. The Morgan fingerprint density at radius 3 is 1.86 bits per heavy atom. The number of hydrogen-bond acceptors (Lipinski definition) is 0. The van der Waals surface area contributed by atoms with Crippen LogP contribution in [0.25, 0.3) is 16.7 Å². The average molecular weight is 472 g/mol. The van der Waals surface area contributed by atoms with E-state index in [4.69, 9.17) is 0 Å². The molecule has 177 valence electrons. The van der Waals surface area contributed by atoms with E-state index in [2.05, 4.69) is 58.2 Å². The minimum Gasteiger partial charge on any atom is -0.321 e. The van der Waals surface area contributed by atoms with Gasteiger partial charge in [-0.1, -0.05) is 17.7 Å². The molecule has 2 aliphatic rings. The second-order valence-corrected chi connectivity index (χ2v) is 9.87. The molecule has 0 atom stereocenters. The first kappa shape index (κ1) is 23.5. The third-order valence-corrected chi connectivity index (χ3v) is 7.65. The summed E-state index contributed by atoms with van der Waals surface area (Å²) in [5, 5.41) is 0. The van der Waals surface area contributed by atoms with Gasteiger partial charge < -0.3 is 4.48 Å². The van der Waals surface area contributed by atoms with Gasteiger partial charge >= 0.3 is 7.55 Å². The van der Waals surface area contributed by atoms with Gasteiger partial charge in [-0.3, -0.25) is 4.49 Å². The first-order chi connectivity index (χ1) is 16.4. The van der Waals surface area contributed by atoms with Gasteiger partial charge in [-0.25, -0.2) is 13.2 Å². The molecule has 0 saturated carbocycles. The highest BCUT2D eigenvalue weighted by molar-refractivity contribution is 6.30. The number of hydrogen-bond donors (Lipinski definition) is 0. The van der Waals surface area contributed by atoms with Crippen molar-refractivity contribution in [3.63, 3.8) is 0 Å². The highest BCUT2D eigenvalue weighted by atomic mass is 19.1. The molecule has 35 heavy (non-hydrogen) atoms. The van der Waals surface area contributed by atoms with Gasteiger partial charge in [0.1, 0.15) is 17.5 Å². The molecule has 1 radical (unpaired) electrons. The largest absolute Gasteiger partial charge is 0.699 e. The summed E-state index contributed by atoms with van der Waals surface area (Å²) in [7, 11) is 2.01. The summed E-state index contributed by atoms with van der Waals surface area (Å²) < 4.78 is 47.9. The number of nitrogens with zero attached hydrogens (tertiary/aromatic N) is 2. The molecule has 3 heterocycles. The maximum atomic E-state index is 15.0. The van der Waals surface area contributed by atoms with E-state index in [9.17, 15) is 13.2 Å². The van der Waals surface area contributed by atoms with Crippen LogP contribution < -0.4 is 0 Å². The Balaban J connectivity index is 1.94. The molecule has 1 aromatic heterocycles. The molecule has 0 spiro atoms. The fourth-order valence-electron chi connectivity index (χ4n) is 5.93. The molecular formula is C29H28BF3N2+. The van der Waals surface area contributed by atoms with Crippen LogP contribution in [0.1, 0.15) is 60.0 Å². The van der Waals surface area contributed by atoms with E-state index in [-0.39, 0.29) is 5.56 Å². The Kier molecular flexibility index (Phi) is 5.28. The van der Waals surface area contributed by atoms with E-state index in [0.717, 1.165) is 57.1 Å². The van der Waals surface area contributed by atoms with E-state index < -0.39 is 17.5 Å². The van der Waals surface area contributed by atoms with E-state index in [1.54, 1.807) is 0 Å². The average Bonchev–Trinajstić information content (AvgIpc) is 3.12. The second-order valence-electron chi connectivity index (χ2n) is 9.87. The predicted molar refractivity (Wildman–Crippen MR) is 136 cm³/mol. The number of rotatable bonds is 2. The maximum Gasteiger partial charge on any atom is 0.699 e. The molecule has 0 unspecified atom stereocenters. The smallest absolute Gasteiger partial charge is 0.321 e. The number of allylic oxidation sites excluding steroid dienone is 2. The summed E-state index contributed by atoms with van der Waals surface area (Å²) in [4.78, 5) is 0. The standard InChI is InChI=1S/C29H28BF3N2/c1-13-9-14(2)24(15(3)10-13)27-28-17(5)16(4)19(7)34(28)30-35-20(8)25(18(6)29(27)35)26-22(32)11-21(31)12-23(26)33/h9-12H,1-8H3/q+1. The van der Waals surface area contributed by atoms with Crippen molar-refractivity contribution in [1.29, 1.82) is 0 Å². The summed E-state index contributed by atoms with van der Waals surface area (Å²) in [6.07, 6.45) is 0. The lowest BCUT2D eigenvalue weighted by atomic mass is 9.84. The van der Waals surface area contributed by atoms with Gasteiger partial charge in [0.15, 0.2) is 11.4 Å². The van der Waals surface area contributed by atoms with Gasteiger partial charge in [0, 0.05) is 41.5 Å². The van der Waals surface area contributed by atoms with Crippen LogP contribution in [0.15, 0.2) is 41.1 Å². The summed E-state index contributed by atoms with van der Waals surface area (Å²) in [5.74, 6) is -2.72. The van der Waals surface area contributed by atoms with Gasteiger partial charge in [0.25, 0.3) is 0 Å². The summed E-state index contributed by atoms with van der Waals surface area (Å²) in [6, 6.07) is 5.84. The molecule has 0 aliphatic carbocycles. The predicted octanol–water partition coefficient (Wildman–Crippen LogP) is 7.09. The number of aromatic nitrogens is 1. The highest BCUT2D eigenvalue weighted by Crippen LogP contribution is 2.46. The Bertz CT molecular complexity index is 1520. The van der Waals surface area contributed by atoms with Gasteiger partial charge in [0.05, 0.1) is 16.8 Å². The lowest BCUT2D eigenvalue weighted by Crippen LogP contribution is -2.32. The van der Waals surface area contributed by atoms with Crippen molar-refractivity contribution in [3.05, 3.63) is 97.8 Å². The third kappa shape index (κ3) is 3.22. The van der Waals surface area contributed by atoms with Crippen molar-refractivity contribution in [3.8, 4) is 11.1 Å². The third-order valence-electron chi connectivity index (χ3n) is 7.65. The molecule has 6 heteroatoms. The van der Waals surface area contributed by atoms with Crippen LogP contribution in [0.5, 0.6) is 0 Å². The van der Waals surface area contributed by atoms with Gasteiger partial charge in [-0.2, -0.15) is 0 Å².